The summed E-state index contributed by atoms with van der Waals surface area (Å²) in [6.45, 7) is 0. The fourth-order valence-corrected chi connectivity index (χ4v) is 2.93. The third-order valence-electron chi connectivity index (χ3n) is 3.41. The summed E-state index contributed by atoms with van der Waals surface area (Å²) in [5.74, 6) is -0.172. The Morgan fingerprint density at radius 3 is 2.58 bits per heavy atom. The smallest absolute Gasteiger partial charge is 0.244 e. The van der Waals surface area contributed by atoms with Crippen LogP contribution < -0.4 is 10.3 Å². The number of halogens is 1. The van der Waals surface area contributed by atoms with Crippen LogP contribution in [-0.4, -0.2) is 32.5 Å². The second-order valence-corrected chi connectivity index (χ2v) is 6.70. The number of nitrogens with zero attached hydrogens (tertiary/aromatic N) is 2. The van der Waals surface area contributed by atoms with E-state index in [0.29, 0.717) is 5.02 Å². The highest BCUT2D eigenvalue weighted by Gasteiger charge is 2.08. The highest BCUT2D eigenvalue weighted by Crippen LogP contribution is 2.24. The van der Waals surface area contributed by atoms with Crippen molar-refractivity contribution in [2.75, 3.05) is 25.3 Å². The van der Waals surface area contributed by atoms with Crippen molar-refractivity contribution in [2.24, 2.45) is 5.10 Å². The van der Waals surface area contributed by atoms with Crippen molar-refractivity contribution in [3.8, 4) is 0 Å². The lowest BCUT2D eigenvalue weighted by Gasteiger charge is -2.11. The molecule has 2 rings (SSSR count). The minimum atomic E-state index is -0.172. The van der Waals surface area contributed by atoms with Crippen LogP contribution in [0.3, 0.4) is 0 Å². The van der Waals surface area contributed by atoms with Crippen LogP contribution in [0.15, 0.2) is 52.5 Å². The van der Waals surface area contributed by atoms with Gasteiger partial charge in [0.05, 0.1) is 12.6 Å². The molecule has 0 saturated carbocycles. The van der Waals surface area contributed by atoms with Gasteiger partial charge in [0.2, 0.25) is 5.91 Å². The van der Waals surface area contributed by atoms with Crippen LogP contribution in [0.1, 0.15) is 11.1 Å². The standard InChI is InChI=1S/C18H20ClN3OS/c1-22(2)16-7-4-13(5-8-16)12-20-21-18(23)11-14-10-15(19)6-9-17(14)24-3/h4-10,12H,11H2,1-3H3,(H,21,23)/b20-12-. The summed E-state index contributed by atoms with van der Waals surface area (Å²) in [5, 5.41) is 4.64. The van der Waals surface area contributed by atoms with E-state index in [1.807, 2.05) is 67.7 Å². The minimum Gasteiger partial charge on any atom is -0.378 e. The number of hydrogen-bond donors (Lipinski definition) is 1. The lowest BCUT2D eigenvalue weighted by atomic mass is 10.1. The van der Waals surface area contributed by atoms with Gasteiger partial charge in [-0.05, 0) is 47.7 Å². The van der Waals surface area contributed by atoms with Crippen molar-refractivity contribution in [2.45, 2.75) is 11.3 Å². The molecule has 0 unspecified atom stereocenters. The number of hydrazone groups is 1. The van der Waals surface area contributed by atoms with Crippen LogP contribution in [-0.2, 0) is 11.2 Å². The monoisotopic (exact) mass is 361 g/mol. The van der Waals surface area contributed by atoms with Crippen molar-refractivity contribution in [1.29, 1.82) is 0 Å². The fourth-order valence-electron chi connectivity index (χ4n) is 2.14. The molecule has 24 heavy (non-hydrogen) atoms. The molecule has 0 heterocycles. The van der Waals surface area contributed by atoms with Gasteiger partial charge in [-0.15, -0.1) is 11.8 Å². The normalized spacial score (nSPS) is 10.8. The summed E-state index contributed by atoms with van der Waals surface area (Å²) in [6.07, 6.45) is 3.85. The lowest BCUT2D eigenvalue weighted by Crippen LogP contribution is -2.20. The van der Waals surface area contributed by atoms with Gasteiger partial charge < -0.3 is 4.90 Å². The molecule has 0 aliphatic carbocycles. The van der Waals surface area contributed by atoms with E-state index in [4.69, 9.17) is 11.6 Å². The first-order valence-electron chi connectivity index (χ1n) is 7.41. The van der Waals surface area contributed by atoms with Crippen LogP contribution in [0.5, 0.6) is 0 Å². The number of carbonyl (C=O) groups excluding carboxylic acids is 1. The highest BCUT2D eigenvalue weighted by atomic mass is 35.5. The zero-order valence-corrected chi connectivity index (χ0v) is 15.5. The maximum absolute atomic E-state index is 12.0. The summed E-state index contributed by atoms with van der Waals surface area (Å²) in [4.78, 5) is 15.1. The number of anilines is 1. The van der Waals surface area contributed by atoms with Crippen LogP contribution in [0, 0.1) is 0 Å². The van der Waals surface area contributed by atoms with Crippen molar-refractivity contribution >= 4 is 41.2 Å². The van der Waals surface area contributed by atoms with Crippen LogP contribution in [0.4, 0.5) is 5.69 Å². The van der Waals surface area contributed by atoms with E-state index in [0.717, 1.165) is 21.7 Å². The van der Waals surface area contributed by atoms with Gasteiger partial charge in [-0.25, -0.2) is 5.43 Å². The molecule has 1 amide bonds. The minimum absolute atomic E-state index is 0.172. The third kappa shape index (κ3) is 5.28. The number of benzene rings is 2. The van der Waals surface area contributed by atoms with Crippen molar-refractivity contribution in [3.63, 3.8) is 0 Å². The molecule has 0 fully saturated rings. The number of hydrogen-bond acceptors (Lipinski definition) is 4. The molecule has 0 aliphatic rings. The Morgan fingerprint density at radius 2 is 1.96 bits per heavy atom. The molecule has 126 valence electrons. The van der Waals surface area contributed by atoms with Crippen LogP contribution >= 0.6 is 23.4 Å². The van der Waals surface area contributed by atoms with Gasteiger partial charge in [-0.1, -0.05) is 23.7 Å². The van der Waals surface area contributed by atoms with Gasteiger partial charge in [-0.2, -0.15) is 5.10 Å². The quantitative estimate of drug-likeness (QED) is 0.483. The Labute approximate surface area is 151 Å². The van der Waals surface area contributed by atoms with Crippen molar-refractivity contribution in [1.82, 2.24) is 5.43 Å². The van der Waals surface area contributed by atoms with E-state index >= 15 is 0 Å². The molecular formula is C18H20ClN3OS. The molecule has 0 saturated heterocycles. The summed E-state index contributed by atoms with van der Waals surface area (Å²) in [5.41, 5.74) is 5.49. The number of rotatable bonds is 6. The molecule has 0 aromatic heterocycles. The van der Waals surface area contributed by atoms with Crippen LogP contribution in [0.25, 0.3) is 0 Å². The number of amides is 1. The Hall–Kier alpha value is -1.98. The third-order valence-corrected chi connectivity index (χ3v) is 4.48. The van der Waals surface area contributed by atoms with E-state index in [2.05, 4.69) is 10.5 Å². The molecule has 2 aromatic carbocycles. The van der Waals surface area contributed by atoms with Gasteiger partial charge in [0.15, 0.2) is 0 Å². The number of thioether (sulfide) groups is 1. The van der Waals surface area contributed by atoms with E-state index in [-0.39, 0.29) is 12.3 Å². The summed E-state index contributed by atoms with van der Waals surface area (Å²) < 4.78 is 0. The maximum atomic E-state index is 12.0. The molecule has 0 spiro atoms. The number of carbonyl (C=O) groups is 1. The van der Waals surface area contributed by atoms with E-state index in [1.54, 1.807) is 18.0 Å². The maximum Gasteiger partial charge on any atom is 0.244 e. The Balaban J connectivity index is 1.94. The van der Waals surface area contributed by atoms with Gasteiger partial charge in [0.25, 0.3) is 0 Å². The summed E-state index contributed by atoms with van der Waals surface area (Å²) >= 11 is 7.59. The van der Waals surface area contributed by atoms with E-state index in [9.17, 15) is 4.79 Å². The SMILES string of the molecule is CSc1ccc(Cl)cc1CC(=O)N/N=C\c1ccc(N(C)C)cc1. The largest absolute Gasteiger partial charge is 0.378 e. The Morgan fingerprint density at radius 1 is 1.25 bits per heavy atom. The van der Waals surface area contributed by atoms with Crippen molar-refractivity contribution in [3.05, 3.63) is 58.6 Å². The molecule has 2 aromatic rings. The highest BCUT2D eigenvalue weighted by molar-refractivity contribution is 7.98. The summed E-state index contributed by atoms with van der Waals surface area (Å²) in [7, 11) is 3.98. The summed E-state index contributed by atoms with van der Waals surface area (Å²) in [6, 6.07) is 13.5. The predicted octanol–water partition coefficient (Wildman–Crippen LogP) is 3.82. The lowest BCUT2D eigenvalue weighted by molar-refractivity contribution is -0.120. The van der Waals surface area contributed by atoms with Crippen molar-refractivity contribution < 1.29 is 4.79 Å². The van der Waals surface area contributed by atoms with E-state index < -0.39 is 0 Å². The average molecular weight is 362 g/mol. The Bertz CT molecular complexity index is 730. The van der Waals surface area contributed by atoms with Crippen LogP contribution in [0.2, 0.25) is 5.02 Å². The first-order chi connectivity index (χ1) is 11.5. The van der Waals surface area contributed by atoms with Gasteiger partial charge >= 0.3 is 0 Å². The predicted molar refractivity (Wildman–Crippen MR) is 103 cm³/mol. The first kappa shape index (κ1) is 18.4. The molecule has 1 N–H and O–H groups in total. The first-order valence-corrected chi connectivity index (χ1v) is 9.01. The molecule has 0 radical (unpaired) electrons. The van der Waals surface area contributed by atoms with Gasteiger partial charge in [0.1, 0.15) is 0 Å². The molecule has 6 heteroatoms. The Kier molecular flexibility index (Phi) is 6.70. The molecule has 0 atom stereocenters. The molecular weight excluding hydrogens is 342 g/mol. The van der Waals surface area contributed by atoms with Gasteiger partial charge in [0, 0.05) is 29.7 Å². The van der Waals surface area contributed by atoms with E-state index in [1.165, 1.54) is 0 Å². The zero-order chi connectivity index (χ0) is 17.5. The zero-order valence-electron chi connectivity index (χ0n) is 13.9. The molecule has 0 aliphatic heterocycles. The topological polar surface area (TPSA) is 44.7 Å². The fraction of sp³-hybridized carbons (Fsp3) is 0.222. The molecule has 0 bridgehead atoms. The second-order valence-electron chi connectivity index (χ2n) is 5.41. The second kappa shape index (κ2) is 8.76. The van der Waals surface area contributed by atoms with Gasteiger partial charge in [-0.3, -0.25) is 4.79 Å². The number of nitrogens with one attached hydrogen (secondary N) is 1. The molecule has 4 nitrogen and oxygen atoms in total. The average Bonchev–Trinajstić information content (AvgIpc) is 2.55.